The molecule has 2 atom stereocenters. The van der Waals surface area contributed by atoms with Crippen LogP contribution in [0.15, 0.2) is 4.52 Å². The van der Waals surface area contributed by atoms with E-state index in [1.807, 2.05) is 14.0 Å². The van der Waals surface area contributed by atoms with E-state index in [1.54, 1.807) is 0 Å². The topological polar surface area (TPSA) is 60.2 Å². The maximum Gasteiger partial charge on any atom is 0.231 e. The molecule has 2 rings (SSSR count). The van der Waals surface area contributed by atoms with Crippen LogP contribution >= 0.6 is 0 Å². The van der Waals surface area contributed by atoms with Crippen molar-refractivity contribution in [3.8, 4) is 0 Å². The summed E-state index contributed by atoms with van der Waals surface area (Å²) in [5.74, 6) is 1.78. The summed E-state index contributed by atoms with van der Waals surface area (Å²) < 4.78 is 10.6. The van der Waals surface area contributed by atoms with Crippen molar-refractivity contribution in [1.82, 2.24) is 15.5 Å². The summed E-state index contributed by atoms with van der Waals surface area (Å²) in [6, 6.07) is 0.462. The van der Waals surface area contributed by atoms with Gasteiger partial charge in [-0.1, -0.05) is 18.0 Å². The minimum Gasteiger partial charge on any atom is -0.374 e. The van der Waals surface area contributed by atoms with Gasteiger partial charge in [0.2, 0.25) is 5.89 Å². The molecule has 0 aliphatic heterocycles. The minimum atomic E-state index is 0.358. The smallest absolute Gasteiger partial charge is 0.231 e. The Labute approximate surface area is 102 Å². The molecule has 2 unspecified atom stereocenters. The summed E-state index contributed by atoms with van der Waals surface area (Å²) in [5, 5.41) is 7.30. The van der Waals surface area contributed by atoms with Gasteiger partial charge in [-0.15, -0.1) is 0 Å². The Morgan fingerprint density at radius 2 is 2.24 bits per heavy atom. The van der Waals surface area contributed by atoms with Crippen LogP contribution in [0.1, 0.15) is 50.2 Å². The Morgan fingerprint density at radius 1 is 1.41 bits per heavy atom. The third-order valence-corrected chi connectivity index (χ3v) is 3.37. The van der Waals surface area contributed by atoms with Gasteiger partial charge in [0.05, 0.1) is 5.92 Å². The van der Waals surface area contributed by atoms with Gasteiger partial charge in [0, 0.05) is 12.6 Å². The van der Waals surface area contributed by atoms with E-state index in [4.69, 9.17) is 9.26 Å². The zero-order valence-electron chi connectivity index (χ0n) is 10.6. The predicted octanol–water partition coefficient (Wildman–Crippen LogP) is 1.85. The van der Waals surface area contributed by atoms with Gasteiger partial charge in [-0.2, -0.15) is 4.98 Å². The fourth-order valence-corrected chi connectivity index (χ4v) is 2.44. The second kappa shape index (κ2) is 6.12. The molecule has 0 spiro atoms. The number of ether oxygens (including phenoxy) is 1. The van der Waals surface area contributed by atoms with Crippen LogP contribution in [0.25, 0.3) is 0 Å². The maximum atomic E-state index is 5.35. The molecule has 1 saturated carbocycles. The summed E-state index contributed by atoms with van der Waals surface area (Å²) >= 11 is 0. The quantitative estimate of drug-likeness (QED) is 0.849. The van der Waals surface area contributed by atoms with E-state index in [0.717, 1.165) is 12.3 Å². The predicted molar refractivity (Wildman–Crippen MR) is 63.7 cm³/mol. The lowest BCUT2D eigenvalue weighted by molar-refractivity contribution is 0.126. The molecule has 5 nitrogen and oxygen atoms in total. The van der Waals surface area contributed by atoms with Gasteiger partial charge in [-0.05, 0) is 26.8 Å². The summed E-state index contributed by atoms with van der Waals surface area (Å²) in [6.45, 7) is 3.07. The first-order valence-corrected chi connectivity index (χ1v) is 6.42. The highest BCUT2D eigenvalue weighted by atomic mass is 16.5. The van der Waals surface area contributed by atoms with Gasteiger partial charge in [0.15, 0.2) is 5.82 Å². The molecular formula is C12H21N3O2. The van der Waals surface area contributed by atoms with Crippen LogP contribution in [-0.2, 0) is 11.3 Å². The third kappa shape index (κ3) is 3.04. The molecule has 0 radical (unpaired) electrons. The highest BCUT2D eigenvalue weighted by Gasteiger charge is 2.29. The summed E-state index contributed by atoms with van der Waals surface area (Å²) in [4.78, 5) is 4.43. The van der Waals surface area contributed by atoms with Crippen molar-refractivity contribution in [2.75, 3.05) is 13.7 Å². The standard InChI is InChI=1S/C12H21N3O2/c1-3-16-8-11-14-12(17-15-11)9-6-4-5-7-10(9)13-2/h9-10,13H,3-8H2,1-2H3. The van der Waals surface area contributed by atoms with Gasteiger partial charge in [0.25, 0.3) is 0 Å². The molecule has 1 aromatic heterocycles. The van der Waals surface area contributed by atoms with Crippen LogP contribution in [-0.4, -0.2) is 29.8 Å². The molecule has 17 heavy (non-hydrogen) atoms. The first-order chi connectivity index (χ1) is 8.35. The molecule has 1 N–H and O–H groups in total. The van der Waals surface area contributed by atoms with Crippen LogP contribution in [0.3, 0.4) is 0 Å². The van der Waals surface area contributed by atoms with E-state index < -0.39 is 0 Å². The molecule has 1 heterocycles. The van der Waals surface area contributed by atoms with Crippen molar-refractivity contribution in [3.63, 3.8) is 0 Å². The molecule has 0 amide bonds. The summed E-state index contributed by atoms with van der Waals surface area (Å²) in [6.07, 6.45) is 4.83. The van der Waals surface area contributed by atoms with Crippen LogP contribution < -0.4 is 5.32 Å². The molecule has 0 bridgehead atoms. The Bertz CT molecular complexity index is 340. The first kappa shape index (κ1) is 12.5. The Morgan fingerprint density at radius 3 is 3.00 bits per heavy atom. The normalized spacial score (nSPS) is 25.1. The summed E-state index contributed by atoms with van der Waals surface area (Å²) in [7, 11) is 2.00. The zero-order chi connectivity index (χ0) is 12.1. The third-order valence-electron chi connectivity index (χ3n) is 3.37. The minimum absolute atomic E-state index is 0.358. The van der Waals surface area contributed by atoms with Crippen molar-refractivity contribution in [2.45, 2.75) is 51.2 Å². The van der Waals surface area contributed by atoms with E-state index >= 15 is 0 Å². The SMILES string of the molecule is CCOCc1noc(C2CCCCC2NC)n1. The van der Waals surface area contributed by atoms with E-state index in [1.165, 1.54) is 19.3 Å². The molecule has 1 aliphatic rings. The lowest BCUT2D eigenvalue weighted by atomic mass is 9.84. The van der Waals surface area contributed by atoms with Crippen LogP contribution in [0.5, 0.6) is 0 Å². The Kier molecular flexibility index (Phi) is 4.50. The lowest BCUT2D eigenvalue weighted by Gasteiger charge is -2.28. The van der Waals surface area contributed by atoms with E-state index in [9.17, 15) is 0 Å². The molecular weight excluding hydrogens is 218 g/mol. The Balaban J connectivity index is 2.02. The highest BCUT2D eigenvalue weighted by Crippen LogP contribution is 2.31. The van der Waals surface area contributed by atoms with Crippen molar-refractivity contribution in [3.05, 3.63) is 11.7 Å². The summed E-state index contributed by atoms with van der Waals surface area (Å²) in [5.41, 5.74) is 0. The Hall–Kier alpha value is -0.940. The average Bonchev–Trinajstić information content (AvgIpc) is 2.85. The molecule has 1 aliphatic carbocycles. The van der Waals surface area contributed by atoms with Gasteiger partial charge in [0.1, 0.15) is 6.61 Å². The largest absolute Gasteiger partial charge is 0.374 e. The van der Waals surface area contributed by atoms with Crippen molar-refractivity contribution in [2.24, 2.45) is 0 Å². The zero-order valence-corrected chi connectivity index (χ0v) is 10.6. The molecule has 1 fully saturated rings. The molecule has 0 aromatic carbocycles. The number of hydrogen-bond donors (Lipinski definition) is 1. The van der Waals surface area contributed by atoms with E-state index in [-0.39, 0.29) is 0 Å². The van der Waals surface area contributed by atoms with Crippen LogP contribution in [0.2, 0.25) is 0 Å². The van der Waals surface area contributed by atoms with Crippen LogP contribution in [0.4, 0.5) is 0 Å². The fraction of sp³-hybridized carbons (Fsp3) is 0.833. The average molecular weight is 239 g/mol. The highest BCUT2D eigenvalue weighted by molar-refractivity contribution is 5.00. The van der Waals surface area contributed by atoms with Crippen molar-refractivity contribution >= 4 is 0 Å². The van der Waals surface area contributed by atoms with Gasteiger partial charge < -0.3 is 14.6 Å². The lowest BCUT2D eigenvalue weighted by Crippen LogP contribution is -2.34. The van der Waals surface area contributed by atoms with Gasteiger partial charge >= 0.3 is 0 Å². The maximum absolute atomic E-state index is 5.35. The van der Waals surface area contributed by atoms with Crippen molar-refractivity contribution < 1.29 is 9.26 Å². The first-order valence-electron chi connectivity index (χ1n) is 6.42. The monoisotopic (exact) mass is 239 g/mol. The number of aromatic nitrogens is 2. The molecule has 1 aromatic rings. The number of nitrogens with one attached hydrogen (secondary N) is 1. The second-order valence-corrected chi connectivity index (χ2v) is 4.47. The molecule has 0 saturated heterocycles. The fourth-order valence-electron chi connectivity index (χ4n) is 2.44. The van der Waals surface area contributed by atoms with Crippen molar-refractivity contribution in [1.29, 1.82) is 0 Å². The van der Waals surface area contributed by atoms with Gasteiger partial charge in [-0.25, -0.2) is 0 Å². The number of nitrogens with zero attached hydrogens (tertiary/aromatic N) is 2. The van der Waals surface area contributed by atoms with E-state index in [2.05, 4.69) is 15.5 Å². The van der Waals surface area contributed by atoms with Crippen LogP contribution in [0, 0.1) is 0 Å². The van der Waals surface area contributed by atoms with Gasteiger partial charge in [-0.3, -0.25) is 0 Å². The van der Waals surface area contributed by atoms with E-state index in [0.29, 0.717) is 31.0 Å². The second-order valence-electron chi connectivity index (χ2n) is 4.47. The molecule has 5 heteroatoms. The number of rotatable bonds is 5. The number of hydrogen-bond acceptors (Lipinski definition) is 5. The number of likely N-dealkylation sites (N-methyl/N-ethyl adjacent to an activating group) is 1. The molecule has 96 valence electrons.